The van der Waals surface area contributed by atoms with E-state index in [1.54, 1.807) is 18.2 Å². The quantitative estimate of drug-likeness (QED) is 0.648. The molecule has 6 heteroatoms. The van der Waals surface area contributed by atoms with Gasteiger partial charge in [-0.3, -0.25) is 10.1 Å². The minimum absolute atomic E-state index is 0.198. The van der Waals surface area contributed by atoms with Gasteiger partial charge in [-0.05, 0) is 55.7 Å². The molecule has 0 radical (unpaired) electrons. The second kappa shape index (κ2) is 10.5. The van der Waals surface area contributed by atoms with Crippen molar-refractivity contribution in [3.8, 4) is 11.5 Å². The SMILES string of the molecule is CCOc1ccccc1NC(=S)NC(=O)c1ccccc1OCCC(C)C. The highest BCUT2D eigenvalue weighted by molar-refractivity contribution is 7.80. The molecule has 0 aliphatic heterocycles. The van der Waals surface area contributed by atoms with Gasteiger partial charge in [-0.15, -0.1) is 0 Å². The summed E-state index contributed by atoms with van der Waals surface area (Å²) in [7, 11) is 0. The van der Waals surface area contributed by atoms with E-state index in [0.717, 1.165) is 6.42 Å². The van der Waals surface area contributed by atoms with E-state index in [2.05, 4.69) is 24.5 Å². The molecule has 0 heterocycles. The number of carbonyl (C=O) groups is 1. The highest BCUT2D eigenvalue weighted by Gasteiger charge is 2.14. The zero-order chi connectivity index (χ0) is 19.6. The molecule has 0 spiro atoms. The lowest BCUT2D eigenvalue weighted by Gasteiger charge is -2.15. The van der Waals surface area contributed by atoms with Gasteiger partial charge in [0.1, 0.15) is 11.5 Å². The Bertz CT molecular complexity index is 778. The summed E-state index contributed by atoms with van der Waals surface area (Å²) in [5.41, 5.74) is 1.15. The second-order valence-electron chi connectivity index (χ2n) is 6.36. The highest BCUT2D eigenvalue weighted by Crippen LogP contribution is 2.24. The zero-order valence-corrected chi connectivity index (χ0v) is 16.8. The van der Waals surface area contributed by atoms with Crippen LogP contribution in [-0.4, -0.2) is 24.2 Å². The standard InChI is InChI=1S/C21H26N2O3S/c1-4-25-19-12-8-6-10-17(19)22-21(27)23-20(24)16-9-5-7-11-18(16)26-14-13-15(2)3/h5-12,15H,4,13-14H2,1-3H3,(H2,22,23,24,27). The number of benzene rings is 2. The van der Waals surface area contributed by atoms with E-state index >= 15 is 0 Å². The van der Waals surface area contributed by atoms with Gasteiger partial charge in [0.2, 0.25) is 0 Å². The molecule has 5 nitrogen and oxygen atoms in total. The van der Waals surface area contributed by atoms with Crippen molar-refractivity contribution in [1.82, 2.24) is 5.32 Å². The number of rotatable bonds is 8. The van der Waals surface area contributed by atoms with E-state index < -0.39 is 0 Å². The Hall–Kier alpha value is -2.60. The minimum Gasteiger partial charge on any atom is -0.493 e. The fourth-order valence-corrected chi connectivity index (χ4v) is 2.56. The van der Waals surface area contributed by atoms with Gasteiger partial charge in [-0.2, -0.15) is 0 Å². The van der Waals surface area contributed by atoms with Gasteiger partial charge in [0.15, 0.2) is 5.11 Å². The van der Waals surface area contributed by atoms with Gasteiger partial charge in [-0.25, -0.2) is 0 Å². The highest BCUT2D eigenvalue weighted by atomic mass is 32.1. The molecule has 2 N–H and O–H groups in total. The molecule has 0 bridgehead atoms. The van der Waals surface area contributed by atoms with Crippen molar-refractivity contribution in [3.05, 3.63) is 54.1 Å². The van der Waals surface area contributed by atoms with Gasteiger partial charge < -0.3 is 14.8 Å². The first-order valence-corrected chi connectivity index (χ1v) is 9.48. The van der Waals surface area contributed by atoms with Gasteiger partial charge >= 0.3 is 0 Å². The number of carbonyl (C=O) groups excluding carboxylic acids is 1. The van der Waals surface area contributed by atoms with Crippen LogP contribution in [0.4, 0.5) is 5.69 Å². The van der Waals surface area contributed by atoms with Crippen molar-refractivity contribution in [2.24, 2.45) is 5.92 Å². The van der Waals surface area contributed by atoms with Gasteiger partial charge in [-0.1, -0.05) is 38.1 Å². The number of ether oxygens (including phenoxy) is 2. The van der Waals surface area contributed by atoms with Crippen LogP contribution in [0, 0.1) is 5.92 Å². The van der Waals surface area contributed by atoms with Crippen LogP contribution in [0.3, 0.4) is 0 Å². The maximum absolute atomic E-state index is 12.6. The molecule has 0 aliphatic carbocycles. The number of anilines is 1. The topological polar surface area (TPSA) is 59.6 Å². The normalized spacial score (nSPS) is 10.4. The number of hydrogen-bond acceptors (Lipinski definition) is 4. The van der Waals surface area contributed by atoms with Crippen LogP contribution in [0.5, 0.6) is 11.5 Å². The van der Waals surface area contributed by atoms with E-state index in [0.29, 0.717) is 41.9 Å². The van der Waals surface area contributed by atoms with Gasteiger partial charge in [0, 0.05) is 0 Å². The lowest BCUT2D eigenvalue weighted by atomic mass is 10.1. The first-order chi connectivity index (χ1) is 13.0. The summed E-state index contributed by atoms with van der Waals surface area (Å²) in [6.07, 6.45) is 0.921. The number of nitrogens with one attached hydrogen (secondary N) is 2. The van der Waals surface area contributed by atoms with Gasteiger partial charge in [0.05, 0.1) is 24.5 Å². The maximum Gasteiger partial charge on any atom is 0.261 e. The van der Waals surface area contributed by atoms with Gasteiger partial charge in [0.25, 0.3) is 5.91 Å². The van der Waals surface area contributed by atoms with E-state index in [4.69, 9.17) is 21.7 Å². The summed E-state index contributed by atoms with van der Waals surface area (Å²) < 4.78 is 11.3. The number of amides is 1. The summed E-state index contributed by atoms with van der Waals surface area (Å²) in [5.74, 6) is 1.44. The maximum atomic E-state index is 12.6. The van der Waals surface area contributed by atoms with Crippen LogP contribution >= 0.6 is 12.2 Å². The smallest absolute Gasteiger partial charge is 0.261 e. The molecule has 0 saturated carbocycles. The Morgan fingerprint density at radius 1 is 1.04 bits per heavy atom. The molecular formula is C21H26N2O3S. The average molecular weight is 387 g/mol. The molecule has 2 aromatic carbocycles. The number of hydrogen-bond donors (Lipinski definition) is 2. The molecule has 27 heavy (non-hydrogen) atoms. The Kier molecular flexibility index (Phi) is 8.07. The monoisotopic (exact) mass is 386 g/mol. The Labute approximate surface area is 166 Å². The molecule has 144 valence electrons. The van der Waals surface area contributed by atoms with E-state index in [1.807, 2.05) is 37.3 Å². The third kappa shape index (κ3) is 6.57. The van der Waals surface area contributed by atoms with Crippen LogP contribution in [0.15, 0.2) is 48.5 Å². The third-order valence-electron chi connectivity index (χ3n) is 3.75. The molecule has 0 aliphatic rings. The predicted molar refractivity (Wildman–Crippen MR) is 113 cm³/mol. The van der Waals surface area contributed by atoms with Crippen LogP contribution in [-0.2, 0) is 0 Å². The first kappa shape index (κ1) is 20.7. The van der Waals surface area contributed by atoms with Crippen molar-refractivity contribution in [2.45, 2.75) is 27.2 Å². The Morgan fingerprint density at radius 3 is 2.41 bits per heavy atom. The largest absolute Gasteiger partial charge is 0.493 e. The number of para-hydroxylation sites is 3. The Morgan fingerprint density at radius 2 is 1.70 bits per heavy atom. The predicted octanol–water partition coefficient (Wildman–Crippen LogP) is 4.64. The van der Waals surface area contributed by atoms with E-state index in [9.17, 15) is 4.79 Å². The van der Waals surface area contributed by atoms with Crippen molar-refractivity contribution in [2.75, 3.05) is 18.5 Å². The fraction of sp³-hybridized carbons (Fsp3) is 0.333. The summed E-state index contributed by atoms with van der Waals surface area (Å²) in [5, 5.41) is 5.90. The van der Waals surface area contributed by atoms with Crippen molar-refractivity contribution in [3.63, 3.8) is 0 Å². The van der Waals surface area contributed by atoms with Crippen molar-refractivity contribution in [1.29, 1.82) is 0 Å². The zero-order valence-electron chi connectivity index (χ0n) is 16.0. The minimum atomic E-state index is -0.318. The summed E-state index contributed by atoms with van der Waals surface area (Å²) in [6.45, 7) is 7.27. The Balaban J connectivity index is 2.02. The molecule has 0 unspecified atom stereocenters. The fourth-order valence-electron chi connectivity index (χ4n) is 2.36. The molecule has 0 fully saturated rings. The molecule has 0 aromatic heterocycles. The van der Waals surface area contributed by atoms with Crippen LogP contribution in [0.2, 0.25) is 0 Å². The number of thiocarbonyl (C=S) groups is 1. The van der Waals surface area contributed by atoms with E-state index in [1.165, 1.54) is 0 Å². The molecule has 0 atom stereocenters. The lowest BCUT2D eigenvalue weighted by Crippen LogP contribution is -2.34. The first-order valence-electron chi connectivity index (χ1n) is 9.07. The second-order valence-corrected chi connectivity index (χ2v) is 6.77. The molecule has 2 rings (SSSR count). The molecule has 1 amide bonds. The van der Waals surface area contributed by atoms with E-state index in [-0.39, 0.29) is 11.0 Å². The third-order valence-corrected chi connectivity index (χ3v) is 3.95. The summed E-state index contributed by atoms with van der Waals surface area (Å²) in [4.78, 5) is 12.6. The summed E-state index contributed by atoms with van der Waals surface area (Å²) in [6, 6.07) is 14.6. The summed E-state index contributed by atoms with van der Waals surface area (Å²) >= 11 is 5.28. The lowest BCUT2D eigenvalue weighted by molar-refractivity contribution is 0.0973. The average Bonchev–Trinajstić information content (AvgIpc) is 2.63. The van der Waals surface area contributed by atoms with Crippen LogP contribution in [0.1, 0.15) is 37.6 Å². The van der Waals surface area contributed by atoms with Crippen LogP contribution in [0.25, 0.3) is 0 Å². The van der Waals surface area contributed by atoms with Crippen molar-refractivity contribution >= 4 is 28.9 Å². The van der Waals surface area contributed by atoms with Crippen molar-refractivity contribution < 1.29 is 14.3 Å². The molecular weight excluding hydrogens is 360 g/mol. The molecule has 0 saturated heterocycles. The van der Waals surface area contributed by atoms with Crippen LogP contribution < -0.4 is 20.1 Å². The molecule has 2 aromatic rings.